The average molecular weight is 453 g/mol. The van der Waals surface area contributed by atoms with Crippen LogP contribution >= 0.6 is 0 Å². The molecule has 0 atom stereocenters. The minimum Gasteiger partial charge on any atom is -0.494 e. The van der Waals surface area contributed by atoms with Crippen molar-refractivity contribution in [2.24, 2.45) is 0 Å². The highest BCUT2D eigenvalue weighted by Gasteiger charge is 2.20. The zero-order valence-corrected chi connectivity index (χ0v) is 19.4. The minimum atomic E-state index is -3.76. The number of nitrogens with zero attached hydrogens (tertiary/aromatic N) is 1. The third kappa shape index (κ3) is 5.96. The topological polar surface area (TPSA) is 75.7 Å². The maximum Gasteiger partial charge on any atom is 0.254 e. The van der Waals surface area contributed by atoms with Crippen LogP contribution in [0.4, 0.5) is 0 Å². The van der Waals surface area contributed by atoms with Gasteiger partial charge in [0.15, 0.2) is 0 Å². The lowest BCUT2D eigenvalue weighted by Crippen LogP contribution is -2.28. The van der Waals surface area contributed by atoms with Crippen molar-refractivity contribution >= 4 is 15.9 Å². The predicted octanol–water partition coefficient (Wildman–Crippen LogP) is 4.14. The van der Waals surface area contributed by atoms with Crippen molar-refractivity contribution in [3.05, 3.63) is 95.1 Å². The summed E-state index contributed by atoms with van der Waals surface area (Å²) in [5, 5.41) is 0. The van der Waals surface area contributed by atoms with Gasteiger partial charge in [0, 0.05) is 25.7 Å². The number of benzene rings is 3. The summed E-state index contributed by atoms with van der Waals surface area (Å²) in [6.07, 6.45) is 0. The molecule has 0 aromatic heterocycles. The fourth-order valence-electron chi connectivity index (χ4n) is 3.27. The average Bonchev–Trinajstić information content (AvgIpc) is 2.79. The Morgan fingerprint density at radius 3 is 2.31 bits per heavy atom. The van der Waals surface area contributed by atoms with Gasteiger partial charge in [0.1, 0.15) is 5.75 Å². The third-order valence-electron chi connectivity index (χ3n) is 5.06. The van der Waals surface area contributed by atoms with Gasteiger partial charge in [-0.3, -0.25) is 4.79 Å². The summed E-state index contributed by atoms with van der Waals surface area (Å²) in [5.41, 5.74) is 2.89. The van der Waals surface area contributed by atoms with E-state index in [4.69, 9.17) is 4.74 Å². The lowest BCUT2D eigenvalue weighted by molar-refractivity contribution is 0.0784. The normalized spacial score (nSPS) is 11.2. The molecule has 0 unspecified atom stereocenters. The fourth-order valence-corrected chi connectivity index (χ4v) is 4.31. The molecule has 3 aromatic carbocycles. The maximum atomic E-state index is 13.1. The van der Waals surface area contributed by atoms with Gasteiger partial charge in [-0.2, -0.15) is 0 Å². The van der Waals surface area contributed by atoms with Crippen LogP contribution in [-0.4, -0.2) is 32.9 Å². The lowest BCUT2D eigenvalue weighted by Gasteiger charge is -2.19. The zero-order valence-electron chi connectivity index (χ0n) is 18.5. The van der Waals surface area contributed by atoms with Gasteiger partial charge < -0.3 is 9.64 Å². The summed E-state index contributed by atoms with van der Waals surface area (Å²) in [4.78, 5) is 14.7. The van der Waals surface area contributed by atoms with E-state index in [1.165, 1.54) is 12.1 Å². The lowest BCUT2D eigenvalue weighted by atomic mass is 10.1. The molecule has 3 rings (SSSR count). The predicted molar refractivity (Wildman–Crippen MR) is 125 cm³/mol. The number of hydrogen-bond acceptors (Lipinski definition) is 4. The summed E-state index contributed by atoms with van der Waals surface area (Å²) < 4.78 is 33.6. The molecule has 1 N–H and O–H groups in total. The number of amides is 1. The van der Waals surface area contributed by atoms with Gasteiger partial charge in [-0.1, -0.05) is 48.5 Å². The molecule has 0 spiro atoms. The van der Waals surface area contributed by atoms with Crippen molar-refractivity contribution in [3.8, 4) is 5.75 Å². The van der Waals surface area contributed by atoms with Gasteiger partial charge in [0.05, 0.1) is 11.5 Å². The van der Waals surface area contributed by atoms with E-state index in [1.54, 1.807) is 24.9 Å². The van der Waals surface area contributed by atoms with Crippen molar-refractivity contribution in [1.82, 2.24) is 9.62 Å². The van der Waals surface area contributed by atoms with Crippen LogP contribution < -0.4 is 9.46 Å². The Labute approximate surface area is 189 Å². The van der Waals surface area contributed by atoms with E-state index in [1.807, 2.05) is 61.5 Å². The Kier molecular flexibility index (Phi) is 7.66. The van der Waals surface area contributed by atoms with E-state index in [-0.39, 0.29) is 17.3 Å². The van der Waals surface area contributed by atoms with E-state index < -0.39 is 10.0 Å². The number of carbonyl (C=O) groups excluding carboxylic acids is 1. The molecule has 0 fully saturated rings. The van der Waals surface area contributed by atoms with E-state index in [0.29, 0.717) is 18.7 Å². The Bertz CT molecular complexity index is 1160. The number of carbonyl (C=O) groups is 1. The van der Waals surface area contributed by atoms with Crippen LogP contribution in [0.25, 0.3) is 0 Å². The first-order valence-corrected chi connectivity index (χ1v) is 11.9. The highest BCUT2D eigenvalue weighted by atomic mass is 32.2. The van der Waals surface area contributed by atoms with Gasteiger partial charge >= 0.3 is 0 Å². The number of aryl methyl sites for hydroxylation is 1. The highest BCUT2D eigenvalue weighted by Crippen LogP contribution is 2.19. The van der Waals surface area contributed by atoms with Crippen molar-refractivity contribution in [2.75, 3.05) is 13.7 Å². The number of hydrogen-bond donors (Lipinski definition) is 1. The molecule has 3 aromatic rings. The smallest absolute Gasteiger partial charge is 0.254 e. The number of ether oxygens (including phenoxy) is 1. The van der Waals surface area contributed by atoms with E-state index in [0.717, 1.165) is 22.4 Å². The van der Waals surface area contributed by atoms with Crippen LogP contribution in [-0.2, 0) is 23.1 Å². The largest absolute Gasteiger partial charge is 0.494 e. The summed E-state index contributed by atoms with van der Waals surface area (Å²) in [6.45, 7) is 4.89. The third-order valence-corrected chi connectivity index (χ3v) is 6.46. The highest BCUT2D eigenvalue weighted by molar-refractivity contribution is 7.89. The molecular weight excluding hydrogens is 424 g/mol. The van der Waals surface area contributed by atoms with Crippen LogP contribution in [0.2, 0.25) is 0 Å². The molecule has 168 valence electrons. The molecule has 6 nitrogen and oxygen atoms in total. The standard InChI is InChI=1S/C25H28N2O4S/c1-4-31-22-13-11-21(12-14-22)18-27(3)25(28)24-16-23(15-10-19(24)2)32(29,30)26-17-20-8-6-5-7-9-20/h5-16,26H,4,17-18H2,1-3H3. The van der Waals surface area contributed by atoms with Crippen LogP contribution in [0.1, 0.15) is 34.0 Å². The fraction of sp³-hybridized carbons (Fsp3) is 0.240. The summed E-state index contributed by atoms with van der Waals surface area (Å²) in [5.74, 6) is 0.540. The summed E-state index contributed by atoms with van der Waals surface area (Å²) in [7, 11) is -2.06. The Morgan fingerprint density at radius 2 is 1.66 bits per heavy atom. The molecule has 1 amide bonds. The van der Waals surface area contributed by atoms with Crippen molar-refractivity contribution < 1.29 is 17.9 Å². The molecule has 0 saturated carbocycles. The first-order valence-electron chi connectivity index (χ1n) is 10.4. The second-order valence-corrected chi connectivity index (χ2v) is 9.29. The number of nitrogens with one attached hydrogen (secondary N) is 1. The molecule has 7 heteroatoms. The number of sulfonamides is 1. The van der Waals surface area contributed by atoms with Gasteiger partial charge in [-0.05, 0) is 54.8 Å². The van der Waals surface area contributed by atoms with Crippen LogP contribution in [0.3, 0.4) is 0 Å². The van der Waals surface area contributed by atoms with Gasteiger partial charge in [-0.15, -0.1) is 0 Å². The molecule has 0 aliphatic rings. The van der Waals surface area contributed by atoms with E-state index in [9.17, 15) is 13.2 Å². The monoisotopic (exact) mass is 452 g/mol. The molecule has 0 radical (unpaired) electrons. The molecule has 0 saturated heterocycles. The Morgan fingerprint density at radius 1 is 0.969 bits per heavy atom. The minimum absolute atomic E-state index is 0.0665. The van der Waals surface area contributed by atoms with Crippen molar-refractivity contribution in [3.63, 3.8) is 0 Å². The van der Waals surface area contributed by atoms with E-state index in [2.05, 4.69) is 4.72 Å². The van der Waals surface area contributed by atoms with Crippen LogP contribution in [0.15, 0.2) is 77.7 Å². The first kappa shape index (κ1) is 23.5. The van der Waals surface area contributed by atoms with E-state index >= 15 is 0 Å². The SMILES string of the molecule is CCOc1ccc(CN(C)C(=O)c2cc(S(=O)(=O)NCc3ccccc3)ccc2C)cc1. The van der Waals surface area contributed by atoms with Crippen molar-refractivity contribution in [1.29, 1.82) is 0 Å². The quantitative estimate of drug-likeness (QED) is 0.529. The van der Waals surface area contributed by atoms with Crippen LogP contribution in [0.5, 0.6) is 5.75 Å². The van der Waals surface area contributed by atoms with Gasteiger partial charge in [-0.25, -0.2) is 13.1 Å². The summed E-state index contributed by atoms with van der Waals surface area (Å²) in [6, 6.07) is 21.5. The van der Waals surface area contributed by atoms with Gasteiger partial charge in [0.2, 0.25) is 10.0 Å². The molecule has 0 bridgehead atoms. The Balaban J connectivity index is 1.74. The van der Waals surface area contributed by atoms with Crippen LogP contribution in [0, 0.1) is 6.92 Å². The summed E-state index contributed by atoms with van der Waals surface area (Å²) >= 11 is 0. The Hall–Kier alpha value is -3.16. The molecule has 0 aliphatic heterocycles. The zero-order chi connectivity index (χ0) is 23.1. The maximum absolute atomic E-state index is 13.1. The second kappa shape index (κ2) is 10.4. The molecule has 32 heavy (non-hydrogen) atoms. The number of rotatable bonds is 9. The first-order chi connectivity index (χ1) is 15.3. The van der Waals surface area contributed by atoms with Crippen molar-refractivity contribution in [2.45, 2.75) is 31.8 Å². The molecular formula is C25H28N2O4S. The molecule has 0 aliphatic carbocycles. The second-order valence-electron chi connectivity index (χ2n) is 7.53. The molecule has 0 heterocycles. The van der Waals surface area contributed by atoms with Gasteiger partial charge in [0.25, 0.3) is 5.91 Å².